The fraction of sp³-hybridized carbons (Fsp3) is 0.600. The lowest BCUT2D eigenvalue weighted by molar-refractivity contribution is 0.295. The number of rotatable bonds is 3. The summed E-state index contributed by atoms with van der Waals surface area (Å²) in [6.45, 7) is 3.85. The molecule has 2 fully saturated rings. The third kappa shape index (κ3) is 3.40. The Morgan fingerprint density at radius 3 is 1.91 bits per heavy atom. The van der Waals surface area contributed by atoms with Crippen molar-refractivity contribution in [1.82, 2.24) is 8.61 Å². The standard InChI is InChI=1S/C15H22ClN3O2S/c16-14-4-6-15(7-5-14)17-10-12-19(13-11-17)22(20,21)18-8-2-1-3-9-18/h4-7H,1-3,8-13H2. The zero-order chi connectivity index (χ0) is 15.6. The van der Waals surface area contributed by atoms with Gasteiger partial charge in [-0.2, -0.15) is 17.0 Å². The third-order valence-electron chi connectivity index (χ3n) is 4.40. The van der Waals surface area contributed by atoms with Crippen LogP contribution < -0.4 is 4.90 Å². The molecule has 0 bridgehead atoms. The smallest absolute Gasteiger partial charge is 0.282 e. The molecule has 0 aliphatic carbocycles. The van der Waals surface area contributed by atoms with Crippen LogP contribution in [-0.2, 0) is 10.2 Å². The van der Waals surface area contributed by atoms with Crippen molar-refractivity contribution in [3.8, 4) is 0 Å². The van der Waals surface area contributed by atoms with Crippen molar-refractivity contribution in [2.24, 2.45) is 0 Å². The molecule has 3 rings (SSSR count). The minimum absolute atomic E-state index is 0.543. The summed E-state index contributed by atoms with van der Waals surface area (Å²) in [5, 5.41) is 0.718. The van der Waals surface area contributed by atoms with Gasteiger partial charge in [0, 0.05) is 50.0 Å². The molecule has 0 saturated carbocycles. The van der Waals surface area contributed by atoms with E-state index in [-0.39, 0.29) is 0 Å². The molecule has 2 saturated heterocycles. The number of anilines is 1. The van der Waals surface area contributed by atoms with Gasteiger partial charge in [-0.05, 0) is 37.1 Å². The van der Waals surface area contributed by atoms with Crippen molar-refractivity contribution in [2.45, 2.75) is 19.3 Å². The minimum atomic E-state index is -3.28. The second kappa shape index (κ2) is 6.74. The van der Waals surface area contributed by atoms with Crippen molar-refractivity contribution < 1.29 is 8.42 Å². The van der Waals surface area contributed by atoms with Crippen LogP contribution in [0, 0.1) is 0 Å². The quantitative estimate of drug-likeness (QED) is 0.845. The summed E-state index contributed by atoms with van der Waals surface area (Å²) >= 11 is 5.91. The zero-order valence-electron chi connectivity index (χ0n) is 12.6. The molecule has 1 aromatic rings. The molecule has 2 heterocycles. The van der Waals surface area contributed by atoms with E-state index >= 15 is 0 Å². The van der Waals surface area contributed by atoms with Crippen LogP contribution in [0.3, 0.4) is 0 Å². The Labute approximate surface area is 137 Å². The highest BCUT2D eigenvalue weighted by atomic mass is 35.5. The van der Waals surface area contributed by atoms with E-state index in [4.69, 9.17) is 11.6 Å². The average Bonchev–Trinajstić information content (AvgIpc) is 2.56. The van der Waals surface area contributed by atoms with Gasteiger partial charge in [0.15, 0.2) is 0 Å². The van der Waals surface area contributed by atoms with Crippen LogP contribution in [0.15, 0.2) is 24.3 Å². The third-order valence-corrected chi connectivity index (χ3v) is 6.69. The first-order valence-electron chi connectivity index (χ1n) is 7.83. The van der Waals surface area contributed by atoms with Crippen LogP contribution >= 0.6 is 11.6 Å². The average molecular weight is 344 g/mol. The fourth-order valence-electron chi connectivity index (χ4n) is 3.09. The Morgan fingerprint density at radius 2 is 1.32 bits per heavy atom. The van der Waals surface area contributed by atoms with Crippen LogP contribution in [0.4, 0.5) is 5.69 Å². The molecule has 2 aliphatic heterocycles. The Kier molecular flexibility index (Phi) is 4.92. The predicted octanol–water partition coefficient (Wildman–Crippen LogP) is 2.19. The van der Waals surface area contributed by atoms with Gasteiger partial charge in [-0.25, -0.2) is 0 Å². The van der Waals surface area contributed by atoms with Gasteiger partial charge in [0.2, 0.25) is 0 Å². The highest BCUT2D eigenvalue weighted by Gasteiger charge is 2.32. The van der Waals surface area contributed by atoms with E-state index in [1.807, 2.05) is 24.3 Å². The number of hydrogen-bond donors (Lipinski definition) is 0. The number of piperidine rings is 1. The van der Waals surface area contributed by atoms with Gasteiger partial charge in [-0.1, -0.05) is 18.0 Å². The topological polar surface area (TPSA) is 43.9 Å². The molecule has 0 unspecified atom stereocenters. The molecule has 0 radical (unpaired) electrons. The first-order chi connectivity index (χ1) is 10.6. The summed E-state index contributed by atoms with van der Waals surface area (Å²) in [4.78, 5) is 2.21. The van der Waals surface area contributed by atoms with E-state index in [1.54, 1.807) is 8.61 Å². The highest BCUT2D eigenvalue weighted by Crippen LogP contribution is 2.22. The van der Waals surface area contributed by atoms with Crippen LogP contribution in [-0.4, -0.2) is 56.3 Å². The normalized spacial score (nSPS) is 22.0. The molecule has 0 N–H and O–H groups in total. The number of piperazine rings is 1. The molecule has 122 valence electrons. The lowest BCUT2D eigenvalue weighted by Crippen LogP contribution is -2.53. The lowest BCUT2D eigenvalue weighted by Gasteiger charge is -2.38. The van der Waals surface area contributed by atoms with E-state index in [0.29, 0.717) is 39.3 Å². The van der Waals surface area contributed by atoms with Crippen molar-refractivity contribution in [3.05, 3.63) is 29.3 Å². The van der Waals surface area contributed by atoms with Crippen molar-refractivity contribution in [2.75, 3.05) is 44.2 Å². The molecule has 7 heteroatoms. The predicted molar refractivity (Wildman–Crippen MR) is 89.6 cm³/mol. The molecule has 0 atom stereocenters. The zero-order valence-corrected chi connectivity index (χ0v) is 14.2. The minimum Gasteiger partial charge on any atom is -0.369 e. The Bertz CT molecular complexity index is 592. The lowest BCUT2D eigenvalue weighted by atomic mass is 10.2. The monoisotopic (exact) mass is 343 g/mol. The molecule has 5 nitrogen and oxygen atoms in total. The van der Waals surface area contributed by atoms with Gasteiger partial charge in [0.1, 0.15) is 0 Å². The molecule has 0 aromatic heterocycles. The molecule has 22 heavy (non-hydrogen) atoms. The van der Waals surface area contributed by atoms with E-state index in [1.165, 1.54) is 0 Å². The molecular weight excluding hydrogens is 322 g/mol. The number of hydrogen-bond acceptors (Lipinski definition) is 3. The maximum Gasteiger partial charge on any atom is 0.282 e. The Morgan fingerprint density at radius 1 is 0.773 bits per heavy atom. The summed E-state index contributed by atoms with van der Waals surface area (Å²) in [7, 11) is -3.28. The molecule has 2 aliphatic rings. The summed E-state index contributed by atoms with van der Waals surface area (Å²) in [6.07, 6.45) is 3.09. The van der Waals surface area contributed by atoms with Crippen LogP contribution in [0.1, 0.15) is 19.3 Å². The number of nitrogens with zero attached hydrogens (tertiary/aromatic N) is 3. The van der Waals surface area contributed by atoms with Crippen LogP contribution in [0.25, 0.3) is 0 Å². The summed E-state index contributed by atoms with van der Waals surface area (Å²) in [6, 6.07) is 7.70. The second-order valence-corrected chi connectivity index (χ2v) is 8.19. The van der Waals surface area contributed by atoms with Crippen LogP contribution in [0.2, 0.25) is 5.02 Å². The van der Waals surface area contributed by atoms with E-state index < -0.39 is 10.2 Å². The van der Waals surface area contributed by atoms with Crippen LogP contribution in [0.5, 0.6) is 0 Å². The number of halogens is 1. The fourth-order valence-corrected chi connectivity index (χ4v) is 4.88. The van der Waals surface area contributed by atoms with Gasteiger partial charge in [0.25, 0.3) is 10.2 Å². The molecule has 1 aromatic carbocycles. The first-order valence-corrected chi connectivity index (χ1v) is 9.60. The number of benzene rings is 1. The maximum atomic E-state index is 12.6. The van der Waals surface area contributed by atoms with Gasteiger partial charge in [0.05, 0.1) is 0 Å². The first kappa shape index (κ1) is 16.1. The van der Waals surface area contributed by atoms with Crippen molar-refractivity contribution in [1.29, 1.82) is 0 Å². The molecular formula is C15H22ClN3O2S. The summed E-state index contributed by atoms with van der Waals surface area (Å²) < 4.78 is 28.6. The highest BCUT2D eigenvalue weighted by molar-refractivity contribution is 7.86. The van der Waals surface area contributed by atoms with E-state index in [9.17, 15) is 8.42 Å². The van der Waals surface area contributed by atoms with Crippen molar-refractivity contribution >= 4 is 27.5 Å². The molecule has 0 spiro atoms. The second-order valence-electron chi connectivity index (χ2n) is 5.83. The van der Waals surface area contributed by atoms with E-state index in [0.717, 1.165) is 30.0 Å². The van der Waals surface area contributed by atoms with Gasteiger partial charge in [-0.3, -0.25) is 0 Å². The van der Waals surface area contributed by atoms with E-state index in [2.05, 4.69) is 4.90 Å². The summed E-state index contributed by atoms with van der Waals surface area (Å²) in [5.41, 5.74) is 1.10. The van der Waals surface area contributed by atoms with Gasteiger partial charge < -0.3 is 4.90 Å². The SMILES string of the molecule is O=S(=O)(N1CCCCC1)N1CCN(c2ccc(Cl)cc2)CC1. The maximum absolute atomic E-state index is 12.6. The summed E-state index contributed by atoms with van der Waals surface area (Å²) in [5.74, 6) is 0. The molecule has 0 amide bonds. The van der Waals surface area contributed by atoms with Crippen molar-refractivity contribution in [3.63, 3.8) is 0 Å². The largest absolute Gasteiger partial charge is 0.369 e. The Hall–Kier alpha value is -0.820. The van der Waals surface area contributed by atoms with Gasteiger partial charge in [-0.15, -0.1) is 0 Å². The Balaban J connectivity index is 1.62. The van der Waals surface area contributed by atoms with Gasteiger partial charge >= 0.3 is 0 Å².